The molecule has 4 rings (SSSR count). The van der Waals surface area contributed by atoms with Crippen molar-refractivity contribution >= 4 is 33.9 Å². The van der Waals surface area contributed by atoms with E-state index in [0.717, 1.165) is 25.1 Å². The van der Waals surface area contributed by atoms with E-state index in [0.29, 0.717) is 16.6 Å². The lowest BCUT2D eigenvalue weighted by Crippen LogP contribution is -2.14. The average molecular weight is 343 g/mol. The van der Waals surface area contributed by atoms with Gasteiger partial charge in [-0.25, -0.2) is 9.37 Å². The Morgan fingerprint density at radius 3 is 3.00 bits per heavy atom. The van der Waals surface area contributed by atoms with Crippen molar-refractivity contribution in [3.05, 3.63) is 52.9 Å². The molecule has 0 saturated heterocycles. The number of carbonyl (C=O) groups is 1. The number of halogens is 1. The highest BCUT2D eigenvalue weighted by Gasteiger charge is 2.17. The van der Waals surface area contributed by atoms with E-state index in [2.05, 4.69) is 20.7 Å². The summed E-state index contributed by atoms with van der Waals surface area (Å²) < 4.78 is 16.1. The fourth-order valence-electron chi connectivity index (χ4n) is 2.69. The topological polar surface area (TPSA) is 71.8 Å². The second-order valence-electron chi connectivity index (χ2n) is 5.46. The van der Waals surface area contributed by atoms with Gasteiger partial charge < -0.3 is 10.6 Å². The highest BCUT2D eigenvalue weighted by atomic mass is 32.1. The van der Waals surface area contributed by atoms with Crippen LogP contribution in [0.1, 0.15) is 22.5 Å². The number of benzene rings is 1. The highest BCUT2D eigenvalue weighted by Crippen LogP contribution is 2.22. The van der Waals surface area contributed by atoms with Gasteiger partial charge >= 0.3 is 0 Å². The highest BCUT2D eigenvalue weighted by molar-refractivity contribution is 7.13. The fraction of sp³-hybridized carbons (Fsp3) is 0.188. The third-order valence-corrected chi connectivity index (χ3v) is 4.49. The quantitative estimate of drug-likeness (QED) is 0.761. The molecule has 0 spiro atoms. The second kappa shape index (κ2) is 6.04. The van der Waals surface area contributed by atoms with Gasteiger partial charge in [0.05, 0.1) is 5.56 Å². The molecule has 2 N–H and O–H groups in total. The minimum Gasteiger partial charge on any atom is -0.331 e. The summed E-state index contributed by atoms with van der Waals surface area (Å²) in [6, 6.07) is 6.21. The summed E-state index contributed by atoms with van der Waals surface area (Å²) >= 11 is 1.41. The molecular weight excluding hydrogens is 329 g/mol. The average Bonchev–Trinajstić information content (AvgIpc) is 3.24. The van der Waals surface area contributed by atoms with Gasteiger partial charge in [0.1, 0.15) is 5.82 Å². The molecule has 24 heavy (non-hydrogen) atoms. The van der Waals surface area contributed by atoms with Crippen LogP contribution >= 0.6 is 11.3 Å². The predicted molar refractivity (Wildman–Crippen MR) is 90.3 cm³/mol. The Morgan fingerprint density at radius 2 is 2.25 bits per heavy atom. The Bertz CT molecular complexity index is 869. The van der Waals surface area contributed by atoms with E-state index in [1.807, 2.05) is 16.1 Å². The van der Waals surface area contributed by atoms with Crippen LogP contribution in [0.15, 0.2) is 35.8 Å². The van der Waals surface area contributed by atoms with Crippen molar-refractivity contribution in [1.29, 1.82) is 0 Å². The van der Waals surface area contributed by atoms with E-state index >= 15 is 0 Å². The van der Waals surface area contributed by atoms with Gasteiger partial charge in [0, 0.05) is 35.6 Å². The lowest BCUT2D eigenvalue weighted by atomic mass is 10.1. The van der Waals surface area contributed by atoms with Crippen molar-refractivity contribution in [3.63, 3.8) is 0 Å². The Balaban J connectivity index is 1.49. The number of hydrogen-bond donors (Lipinski definition) is 2. The van der Waals surface area contributed by atoms with Crippen molar-refractivity contribution in [3.8, 4) is 0 Å². The van der Waals surface area contributed by atoms with Gasteiger partial charge in [-0.3, -0.25) is 9.48 Å². The van der Waals surface area contributed by atoms with Gasteiger partial charge in [-0.15, -0.1) is 11.3 Å². The van der Waals surface area contributed by atoms with Crippen molar-refractivity contribution in [1.82, 2.24) is 14.8 Å². The molecule has 3 heterocycles. The van der Waals surface area contributed by atoms with E-state index in [1.165, 1.54) is 23.5 Å². The van der Waals surface area contributed by atoms with Gasteiger partial charge in [-0.05, 0) is 31.0 Å². The van der Waals surface area contributed by atoms with Gasteiger partial charge in [0.15, 0.2) is 10.9 Å². The van der Waals surface area contributed by atoms with Gasteiger partial charge in [0.25, 0.3) is 5.91 Å². The number of aryl methyl sites for hydroxylation is 2. The van der Waals surface area contributed by atoms with Crippen LogP contribution in [0.25, 0.3) is 0 Å². The first-order chi connectivity index (χ1) is 11.7. The van der Waals surface area contributed by atoms with Crippen LogP contribution in [0.3, 0.4) is 0 Å². The zero-order chi connectivity index (χ0) is 16.5. The zero-order valence-corrected chi connectivity index (χ0v) is 13.4. The van der Waals surface area contributed by atoms with Crippen LogP contribution in [0.2, 0.25) is 0 Å². The predicted octanol–water partition coefficient (Wildman–Crippen LogP) is 3.42. The van der Waals surface area contributed by atoms with Crippen molar-refractivity contribution in [2.24, 2.45) is 0 Å². The fourth-order valence-corrected chi connectivity index (χ4v) is 3.24. The van der Waals surface area contributed by atoms with E-state index in [-0.39, 0.29) is 5.56 Å². The number of carbonyl (C=O) groups excluding carboxylic acids is 1. The molecule has 122 valence electrons. The molecule has 1 amide bonds. The van der Waals surface area contributed by atoms with Crippen LogP contribution in [-0.2, 0) is 13.0 Å². The van der Waals surface area contributed by atoms with E-state index in [4.69, 9.17) is 0 Å². The number of nitrogens with one attached hydrogen (secondary N) is 2. The Labute approximate surface area is 141 Å². The summed E-state index contributed by atoms with van der Waals surface area (Å²) in [5.74, 6) is -0.648. The van der Waals surface area contributed by atoms with Crippen LogP contribution in [0.4, 0.5) is 21.0 Å². The summed E-state index contributed by atoms with van der Waals surface area (Å²) in [6.07, 6.45) is 3.68. The summed E-state index contributed by atoms with van der Waals surface area (Å²) in [6.45, 7) is 0.858. The molecule has 8 heteroatoms. The van der Waals surface area contributed by atoms with Crippen LogP contribution < -0.4 is 10.6 Å². The first-order valence-electron chi connectivity index (χ1n) is 7.53. The molecule has 1 aliphatic heterocycles. The van der Waals surface area contributed by atoms with Crippen LogP contribution in [0.5, 0.6) is 0 Å². The Hall–Kier alpha value is -2.74. The molecule has 0 atom stereocenters. The summed E-state index contributed by atoms with van der Waals surface area (Å²) in [4.78, 5) is 16.3. The smallest absolute Gasteiger partial charge is 0.259 e. The lowest BCUT2D eigenvalue weighted by Gasteiger charge is -2.07. The third-order valence-electron chi connectivity index (χ3n) is 3.81. The maximum Gasteiger partial charge on any atom is 0.259 e. The molecule has 0 aliphatic carbocycles. The maximum atomic E-state index is 14.3. The molecule has 6 nitrogen and oxygen atoms in total. The number of thiazole rings is 1. The first kappa shape index (κ1) is 14.8. The van der Waals surface area contributed by atoms with Gasteiger partial charge in [0.2, 0.25) is 0 Å². The van der Waals surface area contributed by atoms with E-state index < -0.39 is 11.7 Å². The molecule has 0 saturated carbocycles. The minimum atomic E-state index is -0.596. The van der Waals surface area contributed by atoms with Gasteiger partial charge in [-0.1, -0.05) is 0 Å². The lowest BCUT2D eigenvalue weighted by molar-refractivity contribution is 0.102. The molecule has 3 aromatic rings. The van der Waals surface area contributed by atoms with Crippen molar-refractivity contribution < 1.29 is 9.18 Å². The number of rotatable bonds is 4. The maximum absolute atomic E-state index is 14.3. The minimum absolute atomic E-state index is 0.0205. The number of amides is 1. The SMILES string of the molecule is O=C(Nc1cc2n(n1)CCC2)c1ccc(Nc2nccs2)cc1F. The molecular formula is C16H14FN5OS. The zero-order valence-electron chi connectivity index (χ0n) is 12.6. The standard InChI is InChI=1S/C16H14FN5OS/c17-13-8-10(19-16-18-5-7-24-16)3-4-12(13)15(23)20-14-9-11-2-1-6-22(11)21-14/h3-5,7-9H,1-2,6H2,(H,18,19)(H,20,21,23). The Kier molecular flexibility index (Phi) is 3.73. The molecule has 0 fully saturated rings. The van der Waals surface area contributed by atoms with E-state index in [1.54, 1.807) is 12.3 Å². The number of nitrogens with zero attached hydrogens (tertiary/aromatic N) is 3. The second-order valence-corrected chi connectivity index (χ2v) is 6.35. The normalized spacial score (nSPS) is 12.9. The third kappa shape index (κ3) is 2.88. The number of anilines is 3. The van der Waals surface area contributed by atoms with E-state index in [9.17, 15) is 9.18 Å². The van der Waals surface area contributed by atoms with Crippen LogP contribution in [-0.4, -0.2) is 20.7 Å². The molecule has 0 bridgehead atoms. The molecule has 0 unspecified atom stereocenters. The number of fused-ring (bicyclic) bond motifs is 1. The summed E-state index contributed by atoms with van der Waals surface area (Å²) in [5.41, 5.74) is 1.61. The summed E-state index contributed by atoms with van der Waals surface area (Å²) in [7, 11) is 0. The molecule has 1 aromatic carbocycles. The molecule has 1 aliphatic rings. The van der Waals surface area contributed by atoms with Crippen molar-refractivity contribution in [2.75, 3.05) is 10.6 Å². The largest absolute Gasteiger partial charge is 0.331 e. The van der Waals surface area contributed by atoms with Crippen molar-refractivity contribution in [2.45, 2.75) is 19.4 Å². The monoisotopic (exact) mass is 343 g/mol. The molecule has 0 radical (unpaired) electrons. The summed E-state index contributed by atoms with van der Waals surface area (Å²) in [5, 5.41) is 12.4. The Morgan fingerprint density at radius 1 is 1.33 bits per heavy atom. The molecule has 2 aromatic heterocycles. The number of hydrogen-bond acceptors (Lipinski definition) is 5. The first-order valence-corrected chi connectivity index (χ1v) is 8.41. The number of aromatic nitrogens is 3. The van der Waals surface area contributed by atoms with Gasteiger partial charge in [-0.2, -0.15) is 5.10 Å². The van der Waals surface area contributed by atoms with Crippen LogP contribution in [0, 0.1) is 5.82 Å².